The van der Waals surface area contributed by atoms with Crippen LogP contribution in [-0.4, -0.2) is 59.5 Å². The molecule has 1 amide bonds. The van der Waals surface area contributed by atoms with Crippen LogP contribution in [0.5, 0.6) is 0 Å². The highest BCUT2D eigenvalue weighted by Gasteiger charge is 2.31. The Kier molecular flexibility index (Phi) is 5.57. The molecule has 2 heterocycles. The Bertz CT molecular complexity index is 1230. The van der Waals surface area contributed by atoms with Crippen LogP contribution < -0.4 is 0 Å². The van der Waals surface area contributed by atoms with Gasteiger partial charge in [0.2, 0.25) is 15.9 Å². The first-order valence-corrected chi connectivity index (χ1v) is 12.4. The molecule has 0 bridgehead atoms. The molecule has 3 aromatic rings. The van der Waals surface area contributed by atoms with E-state index in [1.165, 1.54) is 9.87 Å². The molecule has 0 radical (unpaired) electrons. The quantitative estimate of drug-likeness (QED) is 0.598. The fourth-order valence-corrected chi connectivity index (χ4v) is 5.97. The zero-order chi connectivity index (χ0) is 22.1. The van der Waals surface area contributed by atoms with Gasteiger partial charge in [-0.3, -0.25) is 4.79 Å². The number of rotatable bonds is 5. The molecule has 1 aliphatic carbocycles. The maximum absolute atomic E-state index is 13.1. The van der Waals surface area contributed by atoms with Crippen LogP contribution in [-0.2, 0) is 34.1 Å². The molecule has 32 heavy (non-hydrogen) atoms. The van der Waals surface area contributed by atoms with E-state index in [4.69, 9.17) is 0 Å². The van der Waals surface area contributed by atoms with E-state index < -0.39 is 10.0 Å². The summed E-state index contributed by atoms with van der Waals surface area (Å²) in [6.07, 6.45) is 6.89. The summed E-state index contributed by atoms with van der Waals surface area (Å²) in [5, 5.41) is 4.35. The standard InChI is InChI=1S/C24H26N4O3S/c29-24(15-19-17-25-28(18-19)22-7-2-1-3-8-22)26-11-13-27(14-12-26)32(30,31)23-10-9-20-5-4-6-21(20)16-23/h1-3,7-10,16-18H,4-6,11-15H2. The van der Waals surface area contributed by atoms with Gasteiger partial charge in [0.1, 0.15) is 0 Å². The lowest BCUT2D eigenvalue weighted by Crippen LogP contribution is -2.50. The molecule has 2 aromatic carbocycles. The first-order chi connectivity index (χ1) is 15.5. The fourth-order valence-electron chi connectivity index (χ4n) is 4.50. The van der Waals surface area contributed by atoms with E-state index in [-0.39, 0.29) is 12.3 Å². The molecule has 1 aromatic heterocycles. The van der Waals surface area contributed by atoms with Crippen LogP contribution in [0.25, 0.3) is 5.69 Å². The predicted octanol–water partition coefficient (Wildman–Crippen LogP) is 2.44. The van der Waals surface area contributed by atoms with E-state index in [1.54, 1.807) is 21.8 Å². The summed E-state index contributed by atoms with van der Waals surface area (Å²) in [5.74, 6) is -0.00723. The summed E-state index contributed by atoms with van der Waals surface area (Å²) in [5.41, 5.74) is 4.19. The van der Waals surface area contributed by atoms with Gasteiger partial charge in [0.25, 0.3) is 0 Å². The van der Waals surface area contributed by atoms with Crippen molar-refractivity contribution in [3.63, 3.8) is 0 Å². The summed E-state index contributed by atoms with van der Waals surface area (Å²) in [7, 11) is -3.54. The fraction of sp³-hybridized carbons (Fsp3) is 0.333. The minimum absolute atomic E-state index is 0.00723. The zero-order valence-corrected chi connectivity index (χ0v) is 18.7. The topological polar surface area (TPSA) is 75.5 Å². The van der Waals surface area contributed by atoms with E-state index in [0.717, 1.165) is 36.1 Å². The maximum atomic E-state index is 13.1. The molecule has 0 saturated carbocycles. The molecule has 2 aliphatic rings. The Balaban J connectivity index is 1.20. The minimum Gasteiger partial charge on any atom is -0.340 e. The van der Waals surface area contributed by atoms with Crippen molar-refractivity contribution in [2.45, 2.75) is 30.6 Å². The van der Waals surface area contributed by atoms with Crippen LogP contribution in [0.15, 0.2) is 65.8 Å². The number of amides is 1. The highest BCUT2D eigenvalue weighted by Crippen LogP contribution is 2.26. The number of hydrogen-bond donors (Lipinski definition) is 0. The molecule has 1 saturated heterocycles. The first-order valence-electron chi connectivity index (χ1n) is 11.0. The molecule has 8 heteroatoms. The van der Waals surface area contributed by atoms with Crippen LogP contribution in [0.3, 0.4) is 0 Å². The number of hydrogen-bond acceptors (Lipinski definition) is 4. The predicted molar refractivity (Wildman–Crippen MR) is 121 cm³/mol. The maximum Gasteiger partial charge on any atom is 0.243 e. The highest BCUT2D eigenvalue weighted by atomic mass is 32.2. The highest BCUT2D eigenvalue weighted by molar-refractivity contribution is 7.89. The van der Waals surface area contributed by atoms with Gasteiger partial charge in [-0.15, -0.1) is 0 Å². The summed E-state index contributed by atoms with van der Waals surface area (Å²) in [4.78, 5) is 14.9. The molecule has 0 atom stereocenters. The number of carbonyl (C=O) groups is 1. The van der Waals surface area contributed by atoms with Crippen molar-refractivity contribution in [3.8, 4) is 5.69 Å². The molecule has 1 aliphatic heterocycles. The number of aryl methyl sites for hydroxylation is 2. The van der Waals surface area contributed by atoms with Crippen LogP contribution >= 0.6 is 0 Å². The van der Waals surface area contributed by atoms with Gasteiger partial charge in [-0.2, -0.15) is 9.40 Å². The largest absolute Gasteiger partial charge is 0.340 e. The second-order valence-corrected chi connectivity index (χ2v) is 10.3. The molecule has 0 spiro atoms. The number of piperazine rings is 1. The van der Waals surface area contributed by atoms with Crippen molar-refractivity contribution in [2.75, 3.05) is 26.2 Å². The second-order valence-electron chi connectivity index (χ2n) is 8.37. The normalized spacial score (nSPS) is 16.8. The van der Waals surface area contributed by atoms with Crippen molar-refractivity contribution >= 4 is 15.9 Å². The number of fused-ring (bicyclic) bond motifs is 1. The van der Waals surface area contributed by atoms with E-state index in [9.17, 15) is 13.2 Å². The molecule has 1 fully saturated rings. The van der Waals surface area contributed by atoms with Crippen molar-refractivity contribution < 1.29 is 13.2 Å². The molecule has 0 N–H and O–H groups in total. The molecule has 7 nitrogen and oxygen atoms in total. The van der Waals surface area contributed by atoms with Crippen molar-refractivity contribution in [3.05, 3.63) is 77.6 Å². The lowest BCUT2D eigenvalue weighted by Gasteiger charge is -2.34. The van der Waals surface area contributed by atoms with Crippen molar-refractivity contribution in [1.29, 1.82) is 0 Å². The summed E-state index contributed by atoms with van der Waals surface area (Å²) >= 11 is 0. The van der Waals surface area contributed by atoms with Crippen LogP contribution in [0, 0.1) is 0 Å². The van der Waals surface area contributed by atoms with Gasteiger partial charge < -0.3 is 4.90 Å². The van der Waals surface area contributed by atoms with E-state index in [1.807, 2.05) is 48.7 Å². The minimum atomic E-state index is -3.54. The summed E-state index contributed by atoms with van der Waals surface area (Å²) in [6.45, 7) is 1.43. The van der Waals surface area contributed by atoms with Gasteiger partial charge in [-0.1, -0.05) is 24.3 Å². The van der Waals surface area contributed by atoms with Gasteiger partial charge in [0, 0.05) is 32.4 Å². The molecule has 166 valence electrons. The Morgan fingerprint density at radius 3 is 2.47 bits per heavy atom. The number of para-hydroxylation sites is 1. The SMILES string of the molecule is O=C(Cc1cnn(-c2ccccc2)c1)N1CCN(S(=O)(=O)c2ccc3c(c2)CCC3)CC1. The number of benzene rings is 2. The number of aromatic nitrogens is 2. The average molecular weight is 451 g/mol. The third-order valence-corrected chi connectivity index (χ3v) is 8.21. The second kappa shape index (κ2) is 8.52. The van der Waals surface area contributed by atoms with Crippen LogP contribution in [0.1, 0.15) is 23.1 Å². The van der Waals surface area contributed by atoms with Gasteiger partial charge in [0.15, 0.2) is 0 Å². The van der Waals surface area contributed by atoms with Gasteiger partial charge in [-0.25, -0.2) is 13.1 Å². The van der Waals surface area contributed by atoms with Crippen molar-refractivity contribution in [1.82, 2.24) is 19.0 Å². The lowest BCUT2D eigenvalue weighted by atomic mass is 10.1. The Labute approximate surface area is 188 Å². The van der Waals surface area contributed by atoms with Crippen LogP contribution in [0.4, 0.5) is 0 Å². The lowest BCUT2D eigenvalue weighted by molar-refractivity contribution is -0.131. The molecule has 5 rings (SSSR count). The Hall–Kier alpha value is -2.97. The Morgan fingerprint density at radius 1 is 0.938 bits per heavy atom. The first kappa shape index (κ1) is 20.9. The number of carbonyl (C=O) groups excluding carboxylic acids is 1. The van der Waals surface area contributed by atoms with E-state index in [2.05, 4.69) is 5.10 Å². The number of nitrogens with zero attached hydrogens (tertiary/aromatic N) is 4. The van der Waals surface area contributed by atoms with Gasteiger partial charge >= 0.3 is 0 Å². The van der Waals surface area contributed by atoms with Gasteiger partial charge in [-0.05, 0) is 60.2 Å². The van der Waals surface area contributed by atoms with Crippen molar-refractivity contribution in [2.24, 2.45) is 0 Å². The van der Waals surface area contributed by atoms with E-state index >= 15 is 0 Å². The summed E-state index contributed by atoms with van der Waals surface area (Å²) < 4.78 is 29.5. The molecular weight excluding hydrogens is 424 g/mol. The van der Waals surface area contributed by atoms with E-state index in [0.29, 0.717) is 31.1 Å². The molecule has 0 unspecified atom stereocenters. The number of sulfonamides is 1. The molecular formula is C24H26N4O3S. The summed E-state index contributed by atoms with van der Waals surface area (Å²) in [6, 6.07) is 15.3. The van der Waals surface area contributed by atoms with Crippen LogP contribution in [0.2, 0.25) is 0 Å². The average Bonchev–Trinajstić information content (AvgIpc) is 3.49. The Morgan fingerprint density at radius 2 is 1.69 bits per heavy atom. The monoisotopic (exact) mass is 450 g/mol. The zero-order valence-electron chi connectivity index (χ0n) is 17.9. The smallest absolute Gasteiger partial charge is 0.243 e. The third-order valence-electron chi connectivity index (χ3n) is 6.31. The third kappa shape index (κ3) is 4.08. The van der Waals surface area contributed by atoms with Gasteiger partial charge in [0.05, 0.1) is 23.2 Å².